The number of nitrogens with zero attached hydrogens (tertiary/aromatic N) is 2. The van der Waals surface area contributed by atoms with Crippen molar-refractivity contribution in [2.75, 3.05) is 17.2 Å². The van der Waals surface area contributed by atoms with Gasteiger partial charge in [-0.15, -0.1) is 0 Å². The summed E-state index contributed by atoms with van der Waals surface area (Å²) in [5, 5.41) is 0.329. The monoisotopic (exact) mass is 421 g/mol. The van der Waals surface area contributed by atoms with Crippen molar-refractivity contribution in [3.63, 3.8) is 0 Å². The predicted molar refractivity (Wildman–Crippen MR) is 106 cm³/mol. The van der Waals surface area contributed by atoms with Crippen molar-refractivity contribution < 1.29 is 13.7 Å². The van der Waals surface area contributed by atoms with Crippen LogP contribution in [0.1, 0.15) is 53.0 Å². The van der Waals surface area contributed by atoms with E-state index in [-0.39, 0.29) is 16.9 Å². The summed E-state index contributed by atoms with van der Waals surface area (Å²) in [7, 11) is -1.25. The smallest absolute Gasteiger partial charge is 0.414 e. The van der Waals surface area contributed by atoms with E-state index in [0.717, 1.165) is 12.8 Å². The van der Waals surface area contributed by atoms with E-state index in [1.165, 1.54) is 4.90 Å². The zero-order valence-corrected chi connectivity index (χ0v) is 18.0. The second kappa shape index (κ2) is 8.00. The normalized spacial score (nSPS) is 20.8. The molecule has 1 aliphatic rings. The molecule has 0 aliphatic carbocycles. The number of hydrogen-bond donors (Lipinski definition) is 1. The molecule has 6 nitrogen and oxygen atoms in total. The fraction of sp³-hybridized carbons (Fsp3) is 0.647. The minimum absolute atomic E-state index is 0.114. The van der Waals surface area contributed by atoms with E-state index in [4.69, 9.17) is 27.9 Å². The van der Waals surface area contributed by atoms with Crippen LogP contribution in [0.15, 0.2) is 6.07 Å². The van der Waals surface area contributed by atoms with Gasteiger partial charge in [-0.2, -0.15) is 0 Å². The molecule has 2 heterocycles. The first-order chi connectivity index (χ1) is 12.0. The zero-order chi connectivity index (χ0) is 19.7. The Bertz CT molecular complexity index is 724. The van der Waals surface area contributed by atoms with Crippen molar-refractivity contribution in [1.29, 1.82) is 0 Å². The molecule has 1 N–H and O–H groups in total. The lowest BCUT2D eigenvalue weighted by Crippen LogP contribution is -2.47. The van der Waals surface area contributed by atoms with Crippen molar-refractivity contribution in [2.45, 2.75) is 58.6 Å². The first-order valence-electron chi connectivity index (χ1n) is 8.50. The number of nitrogens with one attached hydrogen (secondary N) is 1. The van der Waals surface area contributed by atoms with Crippen molar-refractivity contribution in [3.8, 4) is 0 Å². The number of aromatic nitrogens is 1. The van der Waals surface area contributed by atoms with Gasteiger partial charge in [0.15, 0.2) is 5.15 Å². The Balaban J connectivity index is 2.40. The minimum Gasteiger partial charge on any atom is -0.443 e. The van der Waals surface area contributed by atoms with Gasteiger partial charge < -0.3 is 4.74 Å². The number of amides is 1. The lowest BCUT2D eigenvalue weighted by Gasteiger charge is -2.28. The van der Waals surface area contributed by atoms with Crippen molar-refractivity contribution >= 4 is 46.0 Å². The number of unbranched alkanes of at least 4 members (excludes halogenated alkanes) is 1. The number of hydrogen-bond acceptors (Lipinski definition) is 4. The molecule has 1 aromatic rings. The molecule has 0 saturated carbocycles. The molecule has 0 bridgehead atoms. The summed E-state index contributed by atoms with van der Waals surface area (Å²) in [5.41, 5.74) is -0.313. The summed E-state index contributed by atoms with van der Waals surface area (Å²) in [6, 6.07) is 1.65. The third-order valence-electron chi connectivity index (χ3n) is 3.89. The van der Waals surface area contributed by atoms with E-state index < -0.39 is 28.2 Å². The summed E-state index contributed by atoms with van der Waals surface area (Å²) >= 11 is 12.4. The van der Waals surface area contributed by atoms with Crippen LogP contribution in [0, 0.1) is 0 Å². The highest BCUT2D eigenvalue weighted by molar-refractivity contribution is 7.83. The average molecular weight is 422 g/mol. The highest BCUT2D eigenvalue weighted by Crippen LogP contribution is 2.44. The van der Waals surface area contributed by atoms with Gasteiger partial charge in [-0.05, 0) is 40.2 Å². The van der Waals surface area contributed by atoms with Gasteiger partial charge >= 0.3 is 6.09 Å². The Kier molecular flexibility index (Phi) is 6.59. The molecule has 1 amide bonds. The Hall–Kier alpha value is -0.890. The fourth-order valence-corrected chi connectivity index (χ4v) is 4.63. The van der Waals surface area contributed by atoms with Crippen molar-refractivity contribution in [2.24, 2.45) is 0 Å². The number of anilines is 1. The summed E-state index contributed by atoms with van der Waals surface area (Å²) in [4.78, 5) is 18.2. The Morgan fingerprint density at radius 3 is 2.69 bits per heavy atom. The fourth-order valence-electron chi connectivity index (χ4n) is 2.77. The SMILES string of the molecule is CCCCS(=O)N[C@]1(C)CN(C(=O)OC(C)(C)C)c2c1cc(Cl)nc2Cl. The molecule has 0 saturated heterocycles. The quantitative estimate of drug-likeness (QED) is 0.714. The lowest BCUT2D eigenvalue weighted by molar-refractivity contribution is 0.0578. The van der Waals surface area contributed by atoms with Crippen LogP contribution in [-0.2, 0) is 21.3 Å². The van der Waals surface area contributed by atoms with E-state index in [2.05, 4.69) is 9.71 Å². The van der Waals surface area contributed by atoms with E-state index in [1.807, 2.05) is 13.8 Å². The van der Waals surface area contributed by atoms with Gasteiger partial charge in [0.1, 0.15) is 10.8 Å². The average Bonchev–Trinajstić information content (AvgIpc) is 2.77. The lowest BCUT2D eigenvalue weighted by atomic mass is 9.97. The molecule has 1 aromatic heterocycles. The predicted octanol–water partition coefficient (Wildman–Crippen LogP) is 4.41. The summed E-state index contributed by atoms with van der Waals surface area (Å²) in [6.45, 7) is 9.51. The van der Waals surface area contributed by atoms with E-state index in [1.54, 1.807) is 26.8 Å². The van der Waals surface area contributed by atoms with Crippen LogP contribution >= 0.6 is 23.2 Å². The van der Waals surface area contributed by atoms with Gasteiger partial charge in [0, 0.05) is 11.3 Å². The number of rotatable bonds is 5. The van der Waals surface area contributed by atoms with Crippen molar-refractivity contribution in [1.82, 2.24) is 9.71 Å². The van der Waals surface area contributed by atoms with E-state index in [9.17, 15) is 9.00 Å². The molecule has 26 heavy (non-hydrogen) atoms. The van der Waals surface area contributed by atoms with Crippen LogP contribution in [0.25, 0.3) is 0 Å². The van der Waals surface area contributed by atoms with Gasteiger partial charge in [-0.3, -0.25) is 4.90 Å². The molecule has 0 fully saturated rings. The van der Waals surface area contributed by atoms with E-state index >= 15 is 0 Å². The van der Waals surface area contributed by atoms with Crippen LogP contribution < -0.4 is 9.62 Å². The van der Waals surface area contributed by atoms with Gasteiger partial charge in [0.2, 0.25) is 0 Å². The van der Waals surface area contributed by atoms with Crippen LogP contribution in [0.3, 0.4) is 0 Å². The minimum atomic E-state index is -1.25. The maximum atomic E-state index is 12.7. The molecular weight excluding hydrogens is 397 g/mol. The molecule has 146 valence electrons. The number of pyridine rings is 1. The second-order valence-corrected chi connectivity index (χ2v) is 9.58. The van der Waals surface area contributed by atoms with E-state index in [0.29, 0.717) is 17.0 Å². The maximum absolute atomic E-state index is 12.7. The van der Waals surface area contributed by atoms with Crippen molar-refractivity contribution in [3.05, 3.63) is 21.9 Å². The molecule has 2 rings (SSSR count). The van der Waals surface area contributed by atoms with Gasteiger partial charge in [0.05, 0.1) is 28.8 Å². The highest BCUT2D eigenvalue weighted by atomic mass is 35.5. The topological polar surface area (TPSA) is 71.5 Å². The Labute approximate surface area is 167 Å². The first kappa shape index (κ1) is 21.4. The zero-order valence-electron chi connectivity index (χ0n) is 15.7. The number of halogens is 2. The molecular formula is C17H25Cl2N3O3S. The molecule has 9 heteroatoms. The molecule has 1 aliphatic heterocycles. The van der Waals surface area contributed by atoms with Gasteiger partial charge in [-0.1, -0.05) is 36.5 Å². The van der Waals surface area contributed by atoms with Crippen LogP contribution in [0.5, 0.6) is 0 Å². The maximum Gasteiger partial charge on any atom is 0.414 e. The molecule has 0 aromatic carbocycles. The third kappa shape index (κ3) is 4.88. The van der Waals surface area contributed by atoms with Gasteiger partial charge in [0.25, 0.3) is 0 Å². The number of ether oxygens (including phenoxy) is 1. The first-order valence-corrected chi connectivity index (χ1v) is 10.6. The molecule has 1 unspecified atom stereocenters. The molecule has 0 radical (unpaired) electrons. The summed E-state index contributed by atoms with van der Waals surface area (Å²) in [6.07, 6.45) is 1.26. The number of fused-ring (bicyclic) bond motifs is 1. The molecule has 0 spiro atoms. The number of carbonyl (C=O) groups is 1. The van der Waals surface area contributed by atoms with Crippen LogP contribution in [0.4, 0.5) is 10.5 Å². The van der Waals surface area contributed by atoms with Crippen LogP contribution in [0.2, 0.25) is 10.3 Å². The van der Waals surface area contributed by atoms with Gasteiger partial charge in [-0.25, -0.2) is 18.7 Å². The van der Waals surface area contributed by atoms with Crippen LogP contribution in [-0.4, -0.2) is 33.2 Å². The standard InChI is InChI=1S/C17H25Cl2N3O3S/c1-6-7-8-26(24)21-17(5)10-22(15(23)25-16(2,3)4)13-11(17)9-12(18)20-14(13)19/h9,21H,6-8,10H2,1-5H3/t17-,26?/m1/s1. The highest BCUT2D eigenvalue weighted by Gasteiger charge is 2.45. The summed E-state index contributed by atoms with van der Waals surface area (Å²) < 4.78 is 21.0. The molecule has 2 atom stereocenters. The Morgan fingerprint density at radius 2 is 2.12 bits per heavy atom. The Morgan fingerprint density at radius 1 is 1.46 bits per heavy atom. The summed E-state index contributed by atoms with van der Waals surface area (Å²) in [5.74, 6) is 0.528. The largest absolute Gasteiger partial charge is 0.443 e. The number of carbonyl (C=O) groups excluding carboxylic acids is 1. The second-order valence-electron chi connectivity index (χ2n) is 7.54. The third-order valence-corrected chi connectivity index (χ3v) is 5.69.